The van der Waals surface area contributed by atoms with Gasteiger partial charge >= 0.3 is 0 Å². The van der Waals surface area contributed by atoms with E-state index in [1.165, 1.54) is 64.8 Å². The summed E-state index contributed by atoms with van der Waals surface area (Å²) in [6.07, 6.45) is 7.18. The largest absolute Gasteiger partial charge is 0.317 e. The summed E-state index contributed by atoms with van der Waals surface area (Å²) in [7, 11) is 0. The normalized spacial score (nSPS) is 25.8. The van der Waals surface area contributed by atoms with Crippen molar-refractivity contribution in [3.05, 3.63) is 0 Å². The van der Waals surface area contributed by atoms with Crippen LogP contribution in [0.25, 0.3) is 0 Å². The summed E-state index contributed by atoms with van der Waals surface area (Å²) in [6, 6.07) is 0. The molecular formula is C11H22N2. The van der Waals surface area contributed by atoms with Gasteiger partial charge in [0.05, 0.1) is 0 Å². The Morgan fingerprint density at radius 1 is 1.15 bits per heavy atom. The van der Waals surface area contributed by atoms with Crippen LogP contribution < -0.4 is 5.32 Å². The molecule has 0 aliphatic carbocycles. The van der Waals surface area contributed by atoms with E-state index >= 15 is 0 Å². The SMILES string of the molecule is C(CC1CCNCC1)CN1CCC1. The highest BCUT2D eigenvalue weighted by atomic mass is 15.2. The zero-order chi connectivity index (χ0) is 8.93. The Morgan fingerprint density at radius 3 is 2.54 bits per heavy atom. The number of nitrogens with zero attached hydrogens (tertiary/aromatic N) is 1. The number of likely N-dealkylation sites (tertiary alicyclic amines) is 1. The molecule has 0 aromatic heterocycles. The average molecular weight is 182 g/mol. The van der Waals surface area contributed by atoms with Crippen molar-refractivity contribution in [2.45, 2.75) is 32.1 Å². The summed E-state index contributed by atoms with van der Waals surface area (Å²) in [6.45, 7) is 6.62. The lowest BCUT2D eigenvalue weighted by Gasteiger charge is -2.31. The van der Waals surface area contributed by atoms with Crippen molar-refractivity contribution in [1.29, 1.82) is 0 Å². The van der Waals surface area contributed by atoms with Crippen molar-refractivity contribution < 1.29 is 0 Å². The molecule has 2 saturated heterocycles. The molecular weight excluding hydrogens is 160 g/mol. The van der Waals surface area contributed by atoms with Crippen LogP contribution in [0.2, 0.25) is 0 Å². The summed E-state index contributed by atoms with van der Waals surface area (Å²) in [4.78, 5) is 2.58. The molecule has 0 aromatic carbocycles. The lowest BCUT2D eigenvalue weighted by atomic mass is 9.93. The van der Waals surface area contributed by atoms with Gasteiger partial charge in [-0.1, -0.05) is 0 Å². The van der Waals surface area contributed by atoms with Crippen molar-refractivity contribution >= 4 is 0 Å². The lowest BCUT2D eigenvalue weighted by Crippen LogP contribution is -2.38. The molecule has 2 nitrogen and oxygen atoms in total. The number of hydrogen-bond donors (Lipinski definition) is 1. The Bertz CT molecular complexity index is 137. The molecule has 2 heteroatoms. The number of piperidine rings is 1. The minimum Gasteiger partial charge on any atom is -0.317 e. The third kappa shape index (κ3) is 2.96. The van der Waals surface area contributed by atoms with Gasteiger partial charge in [-0.05, 0) is 70.7 Å². The van der Waals surface area contributed by atoms with Crippen molar-refractivity contribution in [2.24, 2.45) is 5.92 Å². The van der Waals surface area contributed by atoms with Crippen molar-refractivity contribution in [3.8, 4) is 0 Å². The Hall–Kier alpha value is -0.0800. The predicted octanol–water partition coefficient (Wildman–Crippen LogP) is 1.47. The fourth-order valence-electron chi connectivity index (χ4n) is 2.38. The first-order valence-electron chi connectivity index (χ1n) is 5.88. The fraction of sp³-hybridized carbons (Fsp3) is 1.00. The van der Waals surface area contributed by atoms with E-state index in [9.17, 15) is 0 Å². The van der Waals surface area contributed by atoms with Crippen molar-refractivity contribution in [2.75, 3.05) is 32.7 Å². The van der Waals surface area contributed by atoms with Crippen LogP contribution in [0.1, 0.15) is 32.1 Å². The first-order valence-corrected chi connectivity index (χ1v) is 5.88. The topological polar surface area (TPSA) is 15.3 Å². The summed E-state index contributed by atoms with van der Waals surface area (Å²) in [5.74, 6) is 1.03. The van der Waals surface area contributed by atoms with Crippen LogP contribution in [0.5, 0.6) is 0 Å². The summed E-state index contributed by atoms with van der Waals surface area (Å²) >= 11 is 0. The van der Waals surface area contributed by atoms with Crippen LogP contribution in [0.15, 0.2) is 0 Å². The Morgan fingerprint density at radius 2 is 1.92 bits per heavy atom. The van der Waals surface area contributed by atoms with E-state index in [0.717, 1.165) is 5.92 Å². The number of hydrogen-bond acceptors (Lipinski definition) is 2. The van der Waals surface area contributed by atoms with Crippen LogP contribution in [-0.4, -0.2) is 37.6 Å². The van der Waals surface area contributed by atoms with E-state index in [4.69, 9.17) is 0 Å². The molecule has 0 radical (unpaired) electrons. The van der Waals surface area contributed by atoms with Gasteiger partial charge in [0.1, 0.15) is 0 Å². The second-order valence-electron chi connectivity index (χ2n) is 4.53. The van der Waals surface area contributed by atoms with Gasteiger partial charge < -0.3 is 10.2 Å². The monoisotopic (exact) mass is 182 g/mol. The van der Waals surface area contributed by atoms with E-state index in [-0.39, 0.29) is 0 Å². The van der Waals surface area contributed by atoms with Crippen LogP contribution in [0.3, 0.4) is 0 Å². The van der Waals surface area contributed by atoms with Gasteiger partial charge in [-0.3, -0.25) is 0 Å². The quantitative estimate of drug-likeness (QED) is 0.708. The maximum atomic E-state index is 3.43. The minimum atomic E-state index is 1.03. The number of nitrogens with one attached hydrogen (secondary N) is 1. The van der Waals surface area contributed by atoms with Crippen LogP contribution in [0.4, 0.5) is 0 Å². The van der Waals surface area contributed by atoms with Crippen molar-refractivity contribution in [1.82, 2.24) is 10.2 Å². The highest BCUT2D eigenvalue weighted by Gasteiger charge is 2.15. The van der Waals surface area contributed by atoms with Gasteiger partial charge in [0, 0.05) is 0 Å². The zero-order valence-corrected chi connectivity index (χ0v) is 8.60. The highest BCUT2D eigenvalue weighted by molar-refractivity contribution is 4.71. The summed E-state index contributed by atoms with van der Waals surface area (Å²) in [5.41, 5.74) is 0. The summed E-state index contributed by atoms with van der Waals surface area (Å²) < 4.78 is 0. The summed E-state index contributed by atoms with van der Waals surface area (Å²) in [5, 5.41) is 3.43. The molecule has 2 heterocycles. The second kappa shape index (κ2) is 4.97. The molecule has 76 valence electrons. The maximum Gasteiger partial charge on any atom is -0.000654 e. The van der Waals surface area contributed by atoms with E-state index < -0.39 is 0 Å². The first kappa shape index (κ1) is 9.47. The molecule has 2 fully saturated rings. The lowest BCUT2D eigenvalue weighted by molar-refractivity contribution is 0.172. The minimum absolute atomic E-state index is 1.03. The fourth-order valence-corrected chi connectivity index (χ4v) is 2.38. The van der Waals surface area contributed by atoms with Crippen molar-refractivity contribution in [3.63, 3.8) is 0 Å². The Kier molecular flexibility index (Phi) is 3.62. The molecule has 2 aliphatic heterocycles. The van der Waals surface area contributed by atoms with Gasteiger partial charge in [-0.15, -0.1) is 0 Å². The van der Waals surface area contributed by atoms with Gasteiger partial charge in [0.15, 0.2) is 0 Å². The third-order valence-corrected chi connectivity index (χ3v) is 3.49. The third-order valence-electron chi connectivity index (χ3n) is 3.49. The Labute approximate surface area is 81.7 Å². The zero-order valence-electron chi connectivity index (χ0n) is 8.60. The molecule has 2 rings (SSSR count). The predicted molar refractivity (Wildman–Crippen MR) is 55.9 cm³/mol. The molecule has 0 atom stereocenters. The molecule has 0 saturated carbocycles. The molecule has 0 amide bonds. The maximum absolute atomic E-state index is 3.43. The molecule has 0 unspecified atom stereocenters. The average Bonchev–Trinajstić information content (AvgIpc) is 2.11. The number of rotatable bonds is 4. The molecule has 0 bridgehead atoms. The highest BCUT2D eigenvalue weighted by Crippen LogP contribution is 2.18. The molecule has 2 aliphatic rings. The van der Waals surface area contributed by atoms with Gasteiger partial charge in [0.2, 0.25) is 0 Å². The Balaban J connectivity index is 1.50. The van der Waals surface area contributed by atoms with Crippen LogP contribution in [0, 0.1) is 5.92 Å². The molecule has 0 aromatic rings. The molecule has 1 N–H and O–H groups in total. The van der Waals surface area contributed by atoms with E-state index in [2.05, 4.69) is 10.2 Å². The van der Waals surface area contributed by atoms with Crippen LogP contribution in [-0.2, 0) is 0 Å². The molecule has 13 heavy (non-hydrogen) atoms. The standard InChI is InChI=1S/C11H22N2/c1(8-13-9-2-10-13)3-11-4-6-12-7-5-11/h11-12H,1-10H2. The van der Waals surface area contributed by atoms with Gasteiger partial charge in [-0.25, -0.2) is 0 Å². The van der Waals surface area contributed by atoms with E-state index in [1.807, 2.05) is 0 Å². The van der Waals surface area contributed by atoms with Gasteiger partial charge in [-0.2, -0.15) is 0 Å². The second-order valence-corrected chi connectivity index (χ2v) is 4.53. The van der Waals surface area contributed by atoms with Gasteiger partial charge in [0.25, 0.3) is 0 Å². The van der Waals surface area contributed by atoms with E-state index in [0.29, 0.717) is 0 Å². The van der Waals surface area contributed by atoms with E-state index in [1.54, 1.807) is 0 Å². The van der Waals surface area contributed by atoms with Crippen LogP contribution >= 0.6 is 0 Å². The molecule has 0 spiro atoms. The smallest absolute Gasteiger partial charge is 0.000654 e. The first-order chi connectivity index (χ1) is 6.45.